The molecule has 1 aromatic carbocycles. The van der Waals surface area contributed by atoms with Crippen molar-refractivity contribution in [2.75, 3.05) is 47.0 Å². The van der Waals surface area contributed by atoms with Gasteiger partial charge in [0.25, 0.3) is 5.91 Å². The molecule has 0 spiro atoms. The van der Waals surface area contributed by atoms with Gasteiger partial charge in [0.15, 0.2) is 0 Å². The fourth-order valence-electron chi connectivity index (χ4n) is 2.70. The zero-order chi connectivity index (χ0) is 15.2. The Labute approximate surface area is 126 Å². The van der Waals surface area contributed by atoms with E-state index in [9.17, 15) is 4.79 Å². The van der Waals surface area contributed by atoms with E-state index in [1.54, 1.807) is 14.2 Å². The van der Waals surface area contributed by atoms with Crippen molar-refractivity contribution in [3.8, 4) is 5.75 Å². The van der Waals surface area contributed by atoms with Crippen molar-refractivity contribution >= 4 is 5.91 Å². The number of methoxy groups -OCH3 is 2. The standard InChI is InChI=1S/C16H24N2O3/c1-13(12-20-2)17-8-10-18(11-9-17)16(19)14-6-4-5-7-15(14)21-3/h4-7,13H,8-12H2,1-3H3. The molecule has 0 radical (unpaired) electrons. The third-order valence-corrected chi connectivity index (χ3v) is 3.97. The maximum Gasteiger partial charge on any atom is 0.257 e. The first-order valence-electron chi connectivity index (χ1n) is 7.32. The van der Waals surface area contributed by atoms with Crippen LogP contribution in [0.3, 0.4) is 0 Å². The highest BCUT2D eigenvalue weighted by molar-refractivity contribution is 5.97. The average Bonchev–Trinajstić information content (AvgIpc) is 2.54. The van der Waals surface area contributed by atoms with E-state index in [-0.39, 0.29) is 5.91 Å². The number of hydrogen-bond donors (Lipinski definition) is 0. The predicted molar refractivity (Wildman–Crippen MR) is 81.8 cm³/mol. The molecule has 116 valence electrons. The monoisotopic (exact) mass is 292 g/mol. The lowest BCUT2D eigenvalue weighted by Crippen LogP contribution is -2.52. The molecular weight excluding hydrogens is 268 g/mol. The quantitative estimate of drug-likeness (QED) is 0.824. The Hall–Kier alpha value is -1.59. The number of carbonyl (C=O) groups excluding carboxylic acids is 1. The lowest BCUT2D eigenvalue weighted by Gasteiger charge is -2.38. The summed E-state index contributed by atoms with van der Waals surface area (Å²) >= 11 is 0. The number of nitrogens with zero attached hydrogens (tertiary/aromatic N) is 2. The third kappa shape index (κ3) is 3.74. The fraction of sp³-hybridized carbons (Fsp3) is 0.562. The van der Waals surface area contributed by atoms with E-state index in [0.29, 0.717) is 17.4 Å². The number of hydrogen-bond acceptors (Lipinski definition) is 4. The Kier molecular flexibility index (Phi) is 5.59. The van der Waals surface area contributed by atoms with Crippen LogP contribution >= 0.6 is 0 Å². The number of amides is 1. The second kappa shape index (κ2) is 7.43. The SMILES string of the molecule is COCC(C)N1CCN(C(=O)c2ccccc2OC)CC1. The Balaban J connectivity index is 1.97. The van der Waals surface area contributed by atoms with Crippen molar-refractivity contribution in [2.24, 2.45) is 0 Å². The first-order valence-corrected chi connectivity index (χ1v) is 7.32. The van der Waals surface area contributed by atoms with E-state index < -0.39 is 0 Å². The fourth-order valence-corrected chi connectivity index (χ4v) is 2.70. The average molecular weight is 292 g/mol. The zero-order valence-corrected chi connectivity index (χ0v) is 13.0. The minimum absolute atomic E-state index is 0.0477. The number of ether oxygens (including phenoxy) is 2. The smallest absolute Gasteiger partial charge is 0.257 e. The second-order valence-corrected chi connectivity index (χ2v) is 5.33. The summed E-state index contributed by atoms with van der Waals surface area (Å²) in [5, 5.41) is 0. The van der Waals surface area contributed by atoms with Crippen LogP contribution in [0.2, 0.25) is 0 Å². The first-order chi connectivity index (χ1) is 10.2. The van der Waals surface area contributed by atoms with Crippen molar-refractivity contribution in [3.05, 3.63) is 29.8 Å². The van der Waals surface area contributed by atoms with Gasteiger partial charge in [-0.3, -0.25) is 9.69 Å². The van der Waals surface area contributed by atoms with Gasteiger partial charge in [-0.2, -0.15) is 0 Å². The molecule has 1 saturated heterocycles. The Morgan fingerprint density at radius 3 is 2.48 bits per heavy atom. The van der Waals surface area contributed by atoms with E-state index in [1.807, 2.05) is 29.2 Å². The van der Waals surface area contributed by atoms with Gasteiger partial charge in [-0.1, -0.05) is 12.1 Å². The second-order valence-electron chi connectivity index (χ2n) is 5.33. The number of para-hydroxylation sites is 1. The van der Waals surface area contributed by atoms with Crippen LogP contribution in [0, 0.1) is 0 Å². The summed E-state index contributed by atoms with van der Waals surface area (Å²) in [6.45, 7) is 6.12. The molecule has 2 rings (SSSR count). The summed E-state index contributed by atoms with van der Waals surface area (Å²) in [6.07, 6.45) is 0. The first kappa shape index (κ1) is 15.8. The van der Waals surface area contributed by atoms with Gasteiger partial charge in [-0.05, 0) is 19.1 Å². The normalized spacial score (nSPS) is 17.6. The van der Waals surface area contributed by atoms with Crippen LogP contribution in [0.25, 0.3) is 0 Å². The lowest BCUT2D eigenvalue weighted by molar-refractivity contribution is 0.0447. The summed E-state index contributed by atoms with van der Waals surface area (Å²) < 4.78 is 10.5. The van der Waals surface area contributed by atoms with Crippen molar-refractivity contribution in [1.29, 1.82) is 0 Å². The molecule has 21 heavy (non-hydrogen) atoms. The molecule has 5 nitrogen and oxygen atoms in total. The molecule has 0 aliphatic carbocycles. The molecule has 1 atom stereocenters. The van der Waals surface area contributed by atoms with Crippen molar-refractivity contribution in [3.63, 3.8) is 0 Å². The topological polar surface area (TPSA) is 42.0 Å². The minimum Gasteiger partial charge on any atom is -0.496 e. The number of carbonyl (C=O) groups is 1. The van der Waals surface area contributed by atoms with E-state index in [0.717, 1.165) is 32.8 Å². The summed E-state index contributed by atoms with van der Waals surface area (Å²) in [6, 6.07) is 7.77. The number of benzene rings is 1. The molecule has 1 amide bonds. The van der Waals surface area contributed by atoms with Gasteiger partial charge < -0.3 is 14.4 Å². The molecular formula is C16H24N2O3. The van der Waals surface area contributed by atoms with E-state index in [2.05, 4.69) is 11.8 Å². The van der Waals surface area contributed by atoms with Gasteiger partial charge in [-0.15, -0.1) is 0 Å². The van der Waals surface area contributed by atoms with Crippen molar-refractivity contribution < 1.29 is 14.3 Å². The van der Waals surface area contributed by atoms with Crippen LogP contribution in [0.1, 0.15) is 17.3 Å². The van der Waals surface area contributed by atoms with E-state index >= 15 is 0 Å². The van der Waals surface area contributed by atoms with E-state index in [4.69, 9.17) is 9.47 Å². The van der Waals surface area contributed by atoms with Gasteiger partial charge >= 0.3 is 0 Å². The van der Waals surface area contributed by atoms with Crippen LogP contribution in [-0.2, 0) is 4.74 Å². The molecule has 1 unspecified atom stereocenters. The Bertz CT molecular complexity index is 470. The molecule has 0 aromatic heterocycles. The molecule has 1 aromatic rings. The maximum atomic E-state index is 12.6. The predicted octanol–water partition coefficient (Wildman–Crippen LogP) is 1.49. The zero-order valence-electron chi connectivity index (χ0n) is 13.0. The van der Waals surface area contributed by atoms with Crippen LogP contribution in [0.5, 0.6) is 5.75 Å². The minimum atomic E-state index is 0.0477. The molecule has 1 aliphatic rings. The van der Waals surface area contributed by atoms with Gasteiger partial charge in [0.05, 0.1) is 19.3 Å². The molecule has 1 aliphatic heterocycles. The van der Waals surface area contributed by atoms with Crippen LogP contribution in [-0.4, -0.2) is 68.8 Å². The molecule has 5 heteroatoms. The van der Waals surface area contributed by atoms with Gasteiger partial charge in [0.2, 0.25) is 0 Å². The maximum absolute atomic E-state index is 12.6. The summed E-state index contributed by atoms with van der Waals surface area (Å²) in [5.41, 5.74) is 0.637. The van der Waals surface area contributed by atoms with Crippen LogP contribution in [0.15, 0.2) is 24.3 Å². The third-order valence-electron chi connectivity index (χ3n) is 3.97. The van der Waals surface area contributed by atoms with Crippen molar-refractivity contribution in [2.45, 2.75) is 13.0 Å². The van der Waals surface area contributed by atoms with Gasteiger partial charge in [0.1, 0.15) is 5.75 Å². The van der Waals surface area contributed by atoms with E-state index in [1.165, 1.54) is 0 Å². The molecule has 1 fully saturated rings. The van der Waals surface area contributed by atoms with Crippen LogP contribution < -0.4 is 4.74 Å². The Morgan fingerprint density at radius 1 is 1.19 bits per heavy atom. The summed E-state index contributed by atoms with van der Waals surface area (Å²) in [7, 11) is 3.31. The summed E-state index contributed by atoms with van der Waals surface area (Å²) in [5.74, 6) is 0.684. The van der Waals surface area contributed by atoms with Crippen molar-refractivity contribution in [1.82, 2.24) is 9.80 Å². The molecule has 0 bridgehead atoms. The number of piperazine rings is 1. The lowest BCUT2D eigenvalue weighted by atomic mass is 10.1. The highest BCUT2D eigenvalue weighted by Gasteiger charge is 2.25. The highest BCUT2D eigenvalue weighted by atomic mass is 16.5. The molecule has 0 N–H and O–H groups in total. The van der Waals surface area contributed by atoms with Gasteiger partial charge in [0, 0.05) is 39.3 Å². The number of rotatable bonds is 5. The summed E-state index contributed by atoms with van der Waals surface area (Å²) in [4.78, 5) is 16.8. The van der Waals surface area contributed by atoms with Gasteiger partial charge in [-0.25, -0.2) is 0 Å². The van der Waals surface area contributed by atoms with Crippen LogP contribution in [0.4, 0.5) is 0 Å². The largest absolute Gasteiger partial charge is 0.496 e. The highest BCUT2D eigenvalue weighted by Crippen LogP contribution is 2.20. The molecule has 1 heterocycles. The Morgan fingerprint density at radius 2 is 1.86 bits per heavy atom. The molecule has 0 saturated carbocycles.